The molecule has 0 bridgehead atoms. The Bertz CT molecular complexity index is 846. The largest absolute Gasteiger partial charge is 0.466 e. The maximum absolute atomic E-state index is 12.3. The average molecular weight is 422 g/mol. The van der Waals surface area contributed by atoms with Gasteiger partial charge in [-0.05, 0) is 32.3 Å². The van der Waals surface area contributed by atoms with Crippen LogP contribution in [0.3, 0.4) is 0 Å². The lowest BCUT2D eigenvalue weighted by molar-refractivity contribution is -2.00. The molecule has 4 rings (SSSR count). The number of rotatable bonds is 2. The number of allylic oxidation sites excluding steroid dienone is 6. The second-order valence-corrected chi connectivity index (χ2v) is 7.51. The van der Waals surface area contributed by atoms with E-state index in [1.54, 1.807) is 0 Å². The molecule has 29 heavy (non-hydrogen) atoms. The molecule has 9 nitrogen and oxygen atoms in total. The molecular weight excluding hydrogens is 402 g/mol. The minimum atomic E-state index is -4.94. The first-order valence-corrected chi connectivity index (χ1v) is 9.87. The number of hydrogen-bond donors (Lipinski definition) is 0. The van der Waals surface area contributed by atoms with Gasteiger partial charge in [-0.15, -0.1) is 10.2 Å². The number of ether oxygens (including phenoxy) is 1. The summed E-state index contributed by atoms with van der Waals surface area (Å²) in [7, 11) is 0.615. The third-order valence-corrected chi connectivity index (χ3v) is 4.78. The van der Waals surface area contributed by atoms with Crippen LogP contribution < -0.4 is 18.6 Å². The molecule has 4 aliphatic rings. The van der Waals surface area contributed by atoms with E-state index in [1.807, 2.05) is 30.4 Å². The normalized spacial score (nSPS) is 26.3. The Morgan fingerprint density at radius 3 is 2.48 bits per heavy atom. The van der Waals surface area contributed by atoms with Gasteiger partial charge >= 0.3 is 5.97 Å². The topological polar surface area (TPSA) is 128 Å². The van der Waals surface area contributed by atoms with E-state index < -0.39 is 10.2 Å². The van der Waals surface area contributed by atoms with E-state index in [1.165, 1.54) is 7.11 Å². The van der Waals surface area contributed by atoms with Crippen LogP contribution in [0, 0.1) is 22.2 Å². The van der Waals surface area contributed by atoms with Crippen molar-refractivity contribution in [3.63, 3.8) is 0 Å². The second kappa shape index (κ2) is 8.10. The predicted octanol–water partition coefficient (Wildman–Crippen LogP) is -2.98. The third kappa shape index (κ3) is 4.26. The minimum Gasteiger partial charge on any atom is -0.466 e. The van der Waals surface area contributed by atoms with Gasteiger partial charge in [0.15, 0.2) is 18.4 Å². The SMILES string of the molecule is COC(=O)C1=CC2=C3C=CC=CN3C(N(C)C)N2C2[C+]=CC=CC12.[O-][Cl+3]([O-])([O-])[O-]. The van der Waals surface area contributed by atoms with Gasteiger partial charge in [0.1, 0.15) is 0 Å². The van der Waals surface area contributed by atoms with Crippen LogP contribution in [-0.4, -0.2) is 54.2 Å². The monoisotopic (exact) mass is 421 g/mol. The van der Waals surface area contributed by atoms with E-state index in [-0.39, 0.29) is 24.2 Å². The molecule has 3 unspecified atom stereocenters. The van der Waals surface area contributed by atoms with Crippen molar-refractivity contribution >= 4 is 5.97 Å². The smallest absolute Gasteiger partial charge is 0.334 e. The summed E-state index contributed by atoms with van der Waals surface area (Å²) in [5.41, 5.74) is 2.81. The summed E-state index contributed by atoms with van der Waals surface area (Å²) in [6.07, 6.45) is 19.6. The molecule has 3 atom stereocenters. The van der Waals surface area contributed by atoms with E-state index in [0.717, 1.165) is 11.4 Å². The number of carbonyl (C=O) groups excluding carboxylic acids is 1. The number of nitrogens with zero attached hydrogens (tertiary/aromatic N) is 3. The second-order valence-electron chi connectivity index (χ2n) is 6.75. The van der Waals surface area contributed by atoms with Crippen LogP contribution in [0.25, 0.3) is 0 Å². The lowest BCUT2D eigenvalue weighted by Crippen LogP contribution is -2.68. The van der Waals surface area contributed by atoms with Crippen molar-refractivity contribution < 1.29 is 38.4 Å². The fraction of sp³-hybridized carbons (Fsp3) is 0.316. The maximum Gasteiger partial charge on any atom is 0.334 e. The first-order valence-electron chi connectivity index (χ1n) is 8.63. The Morgan fingerprint density at radius 2 is 1.86 bits per heavy atom. The van der Waals surface area contributed by atoms with Gasteiger partial charge in [-0.3, -0.25) is 4.90 Å². The fourth-order valence-corrected chi connectivity index (χ4v) is 3.83. The number of hydrogen-bond acceptors (Lipinski definition) is 9. The van der Waals surface area contributed by atoms with Crippen LogP contribution in [-0.2, 0) is 9.53 Å². The Morgan fingerprint density at radius 1 is 1.17 bits per heavy atom. The van der Waals surface area contributed by atoms with Crippen molar-refractivity contribution in [2.24, 2.45) is 5.92 Å². The minimum absolute atomic E-state index is 0.0311. The van der Waals surface area contributed by atoms with Crippen LogP contribution in [0.2, 0.25) is 0 Å². The van der Waals surface area contributed by atoms with Crippen LogP contribution in [0.1, 0.15) is 0 Å². The van der Waals surface area contributed by atoms with Crippen molar-refractivity contribution in [2.75, 3.05) is 21.2 Å². The molecular formula is C19H20ClN3O6. The zero-order valence-electron chi connectivity index (χ0n) is 16.0. The third-order valence-electron chi connectivity index (χ3n) is 4.78. The molecule has 0 N–H and O–H groups in total. The summed E-state index contributed by atoms with van der Waals surface area (Å²) in [6, 6.07) is -0.0311. The first kappa shape index (κ1) is 21.2. The number of methoxy groups -OCH3 is 1. The summed E-state index contributed by atoms with van der Waals surface area (Å²) < 4.78 is 39.0. The molecule has 0 saturated carbocycles. The highest BCUT2D eigenvalue weighted by molar-refractivity contribution is 5.91. The van der Waals surface area contributed by atoms with Crippen LogP contribution in [0.5, 0.6) is 0 Å². The van der Waals surface area contributed by atoms with Gasteiger partial charge in [-0.25, -0.2) is 23.4 Å². The zero-order valence-corrected chi connectivity index (χ0v) is 16.8. The van der Waals surface area contributed by atoms with E-state index in [4.69, 9.17) is 23.4 Å². The summed E-state index contributed by atoms with van der Waals surface area (Å²) >= 11 is 0. The summed E-state index contributed by atoms with van der Waals surface area (Å²) in [6.45, 7) is 0. The number of fused-ring (bicyclic) bond motifs is 4. The van der Waals surface area contributed by atoms with Crippen LogP contribution >= 0.6 is 0 Å². The standard InChI is InChI=1S/C19H20N3O2.ClHO4/c1-20(2)19-21-11-7-6-10-16(21)17-12-14(18(23)24-3)13-8-4-5-9-15(13)22(17)19;2-1(3,4)5/h4-8,10-13,15,19H,1-3H3;(H,2,3,4,5)/q+1;/p-1. The highest BCUT2D eigenvalue weighted by atomic mass is 35.7. The molecule has 0 saturated heterocycles. The van der Waals surface area contributed by atoms with E-state index in [0.29, 0.717) is 5.57 Å². The molecule has 0 fully saturated rings. The molecule has 154 valence electrons. The number of halogens is 1. The highest BCUT2D eigenvalue weighted by Gasteiger charge is 2.50. The molecule has 0 aromatic heterocycles. The van der Waals surface area contributed by atoms with Gasteiger partial charge in [0.05, 0.1) is 42.1 Å². The molecule has 0 amide bonds. The van der Waals surface area contributed by atoms with Crippen molar-refractivity contribution in [3.8, 4) is 0 Å². The van der Waals surface area contributed by atoms with E-state index in [9.17, 15) is 4.79 Å². The quantitative estimate of drug-likeness (QED) is 0.338. The van der Waals surface area contributed by atoms with Crippen molar-refractivity contribution in [1.82, 2.24) is 14.7 Å². The van der Waals surface area contributed by atoms with Gasteiger partial charge in [-0.1, -0.05) is 6.08 Å². The molecule has 0 aromatic rings. The first-order chi connectivity index (χ1) is 13.6. The van der Waals surface area contributed by atoms with Gasteiger partial charge in [0.25, 0.3) is 0 Å². The summed E-state index contributed by atoms with van der Waals surface area (Å²) in [5.74, 6) is -0.329. The van der Waals surface area contributed by atoms with Gasteiger partial charge in [-0.2, -0.15) is 0 Å². The Labute approximate surface area is 170 Å². The van der Waals surface area contributed by atoms with E-state index in [2.05, 4.69) is 53.2 Å². The Balaban J connectivity index is 0.000000431. The van der Waals surface area contributed by atoms with Gasteiger partial charge in [0.2, 0.25) is 0 Å². The van der Waals surface area contributed by atoms with Gasteiger partial charge in [0, 0.05) is 12.3 Å². The Hall–Kier alpha value is -2.49. The zero-order chi connectivity index (χ0) is 21.3. The molecule has 3 aliphatic heterocycles. The van der Waals surface area contributed by atoms with E-state index >= 15 is 0 Å². The van der Waals surface area contributed by atoms with Crippen molar-refractivity contribution in [2.45, 2.75) is 12.3 Å². The molecule has 10 heteroatoms. The van der Waals surface area contributed by atoms with Crippen LogP contribution in [0.4, 0.5) is 0 Å². The fourth-order valence-electron chi connectivity index (χ4n) is 3.83. The summed E-state index contributed by atoms with van der Waals surface area (Å²) in [5, 5.41) is 0. The van der Waals surface area contributed by atoms with Crippen molar-refractivity contribution in [3.05, 3.63) is 71.8 Å². The van der Waals surface area contributed by atoms with Crippen LogP contribution in [0.15, 0.2) is 65.7 Å². The molecule has 0 radical (unpaired) electrons. The Kier molecular flexibility index (Phi) is 5.92. The average Bonchev–Trinajstić information content (AvgIpc) is 3.00. The number of esters is 1. The molecule has 0 spiro atoms. The lowest BCUT2D eigenvalue weighted by atomic mass is 9.83. The predicted molar refractivity (Wildman–Crippen MR) is 90.8 cm³/mol. The highest BCUT2D eigenvalue weighted by Crippen LogP contribution is 2.43. The maximum atomic E-state index is 12.3. The summed E-state index contributed by atoms with van der Waals surface area (Å²) in [4.78, 5) is 19.0. The van der Waals surface area contributed by atoms with Gasteiger partial charge < -0.3 is 14.5 Å². The van der Waals surface area contributed by atoms with Crippen molar-refractivity contribution in [1.29, 1.82) is 0 Å². The molecule has 1 aliphatic carbocycles. The lowest BCUT2D eigenvalue weighted by Gasteiger charge is -2.42. The number of carbonyl (C=O) groups is 1. The molecule has 0 aromatic carbocycles. The molecule has 3 heterocycles.